The van der Waals surface area contributed by atoms with Crippen LogP contribution in [-0.4, -0.2) is 15.6 Å². The van der Waals surface area contributed by atoms with E-state index < -0.39 is 0 Å². The molecule has 16 heavy (non-hydrogen) atoms. The molecule has 0 aliphatic rings. The third kappa shape index (κ3) is 2.64. The first-order chi connectivity index (χ1) is 7.34. The van der Waals surface area contributed by atoms with Gasteiger partial charge in [-0.15, -0.1) is 0 Å². The van der Waals surface area contributed by atoms with Gasteiger partial charge in [0.2, 0.25) is 0 Å². The normalized spacial score (nSPS) is 13.2. The van der Waals surface area contributed by atoms with Crippen LogP contribution < -0.4 is 0 Å². The number of aromatic nitrogens is 2. The average molecular weight is 243 g/mol. The highest BCUT2D eigenvalue weighted by Crippen LogP contribution is 2.22. The molecule has 1 aromatic heterocycles. The van der Waals surface area contributed by atoms with Crippen LogP contribution in [0.4, 0.5) is 0 Å². The van der Waals surface area contributed by atoms with Crippen molar-refractivity contribution in [2.24, 2.45) is 18.9 Å². The summed E-state index contributed by atoms with van der Waals surface area (Å²) in [5.74, 6) is 0.645. The lowest BCUT2D eigenvalue weighted by Gasteiger charge is -2.14. The van der Waals surface area contributed by atoms with Gasteiger partial charge in [-0.25, -0.2) is 0 Å². The molecule has 3 nitrogen and oxygen atoms in total. The van der Waals surface area contributed by atoms with Crippen molar-refractivity contribution in [3.05, 3.63) is 16.4 Å². The van der Waals surface area contributed by atoms with Crippen LogP contribution in [0.25, 0.3) is 0 Å². The summed E-state index contributed by atoms with van der Waals surface area (Å²) in [5.41, 5.74) is 1.60. The number of hydrogen-bond acceptors (Lipinski definition) is 2. The van der Waals surface area contributed by atoms with Crippen LogP contribution in [0.1, 0.15) is 32.2 Å². The summed E-state index contributed by atoms with van der Waals surface area (Å²) in [7, 11) is 1.82. The SMILES string of the molecule is Cc1nn(C)c(CC(=O)C(C)C(C)C)c1Cl. The van der Waals surface area contributed by atoms with Crippen LogP contribution in [0.15, 0.2) is 0 Å². The summed E-state index contributed by atoms with van der Waals surface area (Å²) >= 11 is 6.11. The first-order valence-corrected chi connectivity index (χ1v) is 5.93. The third-order valence-electron chi connectivity index (χ3n) is 3.11. The lowest BCUT2D eigenvalue weighted by molar-refractivity contribution is -0.123. The molecule has 0 radical (unpaired) electrons. The lowest BCUT2D eigenvalue weighted by atomic mass is 9.91. The summed E-state index contributed by atoms with van der Waals surface area (Å²) in [4.78, 5) is 12.0. The van der Waals surface area contributed by atoms with E-state index >= 15 is 0 Å². The molecule has 1 rings (SSSR count). The number of ketones is 1. The second kappa shape index (κ2) is 5.00. The third-order valence-corrected chi connectivity index (χ3v) is 3.60. The van der Waals surface area contributed by atoms with E-state index in [0.29, 0.717) is 17.4 Å². The van der Waals surface area contributed by atoms with Gasteiger partial charge in [-0.1, -0.05) is 32.4 Å². The molecule has 0 bridgehead atoms. The van der Waals surface area contributed by atoms with E-state index in [2.05, 4.69) is 18.9 Å². The molecule has 1 unspecified atom stereocenters. The fourth-order valence-electron chi connectivity index (χ4n) is 1.57. The molecule has 0 aromatic carbocycles. The van der Waals surface area contributed by atoms with Crippen LogP contribution in [0, 0.1) is 18.8 Å². The first-order valence-electron chi connectivity index (χ1n) is 5.55. The molecule has 0 fully saturated rings. The number of carbonyl (C=O) groups excluding carboxylic acids is 1. The maximum atomic E-state index is 12.0. The molecule has 90 valence electrons. The predicted octanol–water partition coefficient (Wildman–Crippen LogP) is 2.79. The minimum atomic E-state index is 0.0614. The Hall–Kier alpha value is -0.830. The Morgan fingerprint density at radius 1 is 1.44 bits per heavy atom. The zero-order valence-electron chi connectivity index (χ0n) is 10.5. The quantitative estimate of drug-likeness (QED) is 0.814. The Bertz CT molecular complexity index is 396. The largest absolute Gasteiger partial charge is 0.299 e. The van der Waals surface area contributed by atoms with Gasteiger partial charge in [-0.3, -0.25) is 9.48 Å². The van der Waals surface area contributed by atoms with Gasteiger partial charge in [0.1, 0.15) is 5.78 Å². The average Bonchev–Trinajstić information content (AvgIpc) is 2.43. The van der Waals surface area contributed by atoms with Gasteiger partial charge in [0.25, 0.3) is 0 Å². The molecule has 0 saturated heterocycles. The molecule has 0 saturated carbocycles. The Labute approximate surface area is 102 Å². The van der Waals surface area contributed by atoms with Gasteiger partial charge in [-0.2, -0.15) is 5.10 Å². The van der Waals surface area contributed by atoms with E-state index in [-0.39, 0.29) is 11.7 Å². The van der Waals surface area contributed by atoms with E-state index in [1.807, 2.05) is 20.9 Å². The fourth-order valence-corrected chi connectivity index (χ4v) is 1.80. The predicted molar refractivity (Wildman–Crippen MR) is 65.7 cm³/mol. The van der Waals surface area contributed by atoms with Crippen molar-refractivity contribution >= 4 is 17.4 Å². The van der Waals surface area contributed by atoms with E-state index in [0.717, 1.165) is 11.4 Å². The summed E-state index contributed by atoms with van der Waals surface area (Å²) in [6.45, 7) is 7.92. The standard InChI is InChI=1S/C12H19ClN2O/c1-7(2)8(3)11(16)6-10-12(13)9(4)14-15(10)5/h7-8H,6H2,1-5H3. The zero-order valence-corrected chi connectivity index (χ0v) is 11.3. The second-order valence-corrected chi connectivity index (χ2v) is 5.02. The van der Waals surface area contributed by atoms with Gasteiger partial charge < -0.3 is 0 Å². The van der Waals surface area contributed by atoms with Gasteiger partial charge in [0.05, 0.1) is 22.8 Å². The number of Topliss-reactive ketones (excluding diaryl/α,β-unsaturated/α-hetero) is 1. The maximum Gasteiger partial charge on any atom is 0.141 e. The Kier molecular flexibility index (Phi) is 4.14. The summed E-state index contributed by atoms with van der Waals surface area (Å²) in [6, 6.07) is 0. The summed E-state index contributed by atoms with van der Waals surface area (Å²) < 4.78 is 1.70. The molecule has 0 aliphatic heterocycles. The van der Waals surface area contributed by atoms with Crippen molar-refractivity contribution in [2.45, 2.75) is 34.1 Å². The molecule has 4 heteroatoms. The van der Waals surface area contributed by atoms with E-state index in [4.69, 9.17) is 11.6 Å². The molecule has 0 amide bonds. The van der Waals surface area contributed by atoms with Crippen LogP contribution in [-0.2, 0) is 18.3 Å². The van der Waals surface area contributed by atoms with Crippen molar-refractivity contribution in [1.82, 2.24) is 9.78 Å². The number of halogens is 1. The smallest absolute Gasteiger partial charge is 0.141 e. The van der Waals surface area contributed by atoms with Gasteiger partial charge in [0.15, 0.2) is 0 Å². The van der Waals surface area contributed by atoms with Crippen molar-refractivity contribution < 1.29 is 4.79 Å². The molecule has 0 spiro atoms. The van der Waals surface area contributed by atoms with Crippen molar-refractivity contribution in [2.75, 3.05) is 0 Å². The minimum absolute atomic E-state index is 0.0614. The molecular weight excluding hydrogens is 224 g/mol. The Morgan fingerprint density at radius 3 is 2.38 bits per heavy atom. The van der Waals surface area contributed by atoms with Crippen LogP contribution in [0.2, 0.25) is 5.02 Å². The van der Waals surface area contributed by atoms with Crippen molar-refractivity contribution in [3.63, 3.8) is 0 Å². The van der Waals surface area contributed by atoms with Crippen LogP contribution in [0.5, 0.6) is 0 Å². The molecular formula is C12H19ClN2O. The summed E-state index contributed by atoms with van der Waals surface area (Å²) in [6.07, 6.45) is 0.371. The Balaban J connectivity index is 2.85. The van der Waals surface area contributed by atoms with Gasteiger partial charge >= 0.3 is 0 Å². The van der Waals surface area contributed by atoms with Crippen LogP contribution in [0.3, 0.4) is 0 Å². The second-order valence-electron chi connectivity index (χ2n) is 4.65. The van der Waals surface area contributed by atoms with E-state index in [1.54, 1.807) is 4.68 Å². The van der Waals surface area contributed by atoms with Crippen molar-refractivity contribution in [1.29, 1.82) is 0 Å². The lowest BCUT2D eigenvalue weighted by Crippen LogP contribution is -2.20. The molecule has 0 N–H and O–H groups in total. The van der Waals surface area contributed by atoms with Gasteiger partial charge in [-0.05, 0) is 12.8 Å². The van der Waals surface area contributed by atoms with Gasteiger partial charge in [0, 0.05) is 13.0 Å². The highest BCUT2D eigenvalue weighted by molar-refractivity contribution is 6.32. The molecule has 1 atom stereocenters. The highest BCUT2D eigenvalue weighted by Gasteiger charge is 2.20. The fraction of sp³-hybridized carbons (Fsp3) is 0.667. The van der Waals surface area contributed by atoms with E-state index in [9.17, 15) is 4.79 Å². The number of nitrogens with zero attached hydrogens (tertiary/aromatic N) is 2. The number of carbonyl (C=O) groups is 1. The van der Waals surface area contributed by atoms with E-state index in [1.165, 1.54) is 0 Å². The molecule has 0 aliphatic carbocycles. The summed E-state index contributed by atoms with van der Waals surface area (Å²) in [5, 5.41) is 4.82. The molecule has 1 aromatic rings. The minimum Gasteiger partial charge on any atom is -0.299 e. The number of aryl methyl sites for hydroxylation is 2. The number of rotatable bonds is 4. The monoisotopic (exact) mass is 242 g/mol. The number of hydrogen-bond donors (Lipinski definition) is 0. The highest BCUT2D eigenvalue weighted by atomic mass is 35.5. The van der Waals surface area contributed by atoms with Crippen molar-refractivity contribution in [3.8, 4) is 0 Å². The Morgan fingerprint density at radius 2 is 2.00 bits per heavy atom. The topological polar surface area (TPSA) is 34.9 Å². The molecule has 1 heterocycles. The first kappa shape index (κ1) is 13.2. The van der Waals surface area contributed by atoms with Crippen LogP contribution >= 0.6 is 11.6 Å². The zero-order chi connectivity index (χ0) is 12.5. The maximum absolute atomic E-state index is 12.0.